The van der Waals surface area contributed by atoms with Crippen LogP contribution in [0.1, 0.15) is 55.7 Å². The van der Waals surface area contributed by atoms with Crippen molar-refractivity contribution in [1.82, 2.24) is 10.0 Å². The van der Waals surface area contributed by atoms with Gasteiger partial charge in [-0.3, -0.25) is 4.79 Å². The Morgan fingerprint density at radius 1 is 1.00 bits per heavy atom. The molecule has 9 heteroatoms. The second-order valence-electron chi connectivity index (χ2n) is 8.64. The van der Waals surface area contributed by atoms with Crippen molar-refractivity contribution in [2.45, 2.75) is 70.2 Å². The molecular formula is C26H37N3O5S. The van der Waals surface area contributed by atoms with E-state index in [1.807, 2.05) is 26.0 Å². The molecule has 8 nitrogen and oxygen atoms in total. The van der Waals surface area contributed by atoms with Crippen LogP contribution < -0.4 is 15.4 Å². The highest BCUT2D eigenvalue weighted by molar-refractivity contribution is 7.89. The first-order chi connectivity index (χ1) is 16.7. The number of amides is 2. The summed E-state index contributed by atoms with van der Waals surface area (Å²) in [6, 6.07) is 11.1. The number of carbonyl (C=O) groups excluding carboxylic acids is 2. The number of unbranched alkanes of at least 4 members (excludes halogenated alkanes) is 2. The van der Waals surface area contributed by atoms with Gasteiger partial charge in [0, 0.05) is 12.2 Å². The highest BCUT2D eigenvalue weighted by Crippen LogP contribution is 2.18. The molecule has 1 unspecified atom stereocenters. The molecule has 2 rings (SSSR count). The van der Waals surface area contributed by atoms with Crippen LogP contribution in [0.25, 0.3) is 0 Å². The van der Waals surface area contributed by atoms with Crippen molar-refractivity contribution >= 4 is 27.7 Å². The van der Waals surface area contributed by atoms with Crippen LogP contribution in [0, 0.1) is 13.8 Å². The summed E-state index contributed by atoms with van der Waals surface area (Å²) in [7, 11) is -2.64. The Bertz CT molecular complexity index is 1080. The maximum Gasteiger partial charge on any atom is 0.323 e. The molecule has 2 aromatic rings. The first kappa shape index (κ1) is 28.3. The molecule has 0 saturated heterocycles. The quantitative estimate of drug-likeness (QED) is 0.276. The highest BCUT2D eigenvalue weighted by atomic mass is 32.2. The van der Waals surface area contributed by atoms with Gasteiger partial charge in [-0.25, -0.2) is 13.2 Å². The van der Waals surface area contributed by atoms with E-state index in [2.05, 4.69) is 28.3 Å². The lowest BCUT2D eigenvalue weighted by Crippen LogP contribution is -2.41. The molecule has 0 bridgehead atoms. The van der Waals surface area contributed by atoms with Crippen molar-refractivity contribution in [2.24, 2.45) is 0 Å². The zero-order valence-corrected chi connectivity index (χ0v) is 21.8. The first-order valence-electron chi connectivity index (χ1n) is 12.0. The summed E-state index contributed by atoms with van der Waals surface area (Å²) in [6.45, 7) is 6.38. The fourth-order valence-electron chi connectivity index (χ4n) is 3.58. The van der Waals surface area contributed by atoms with Crippen LogP contribution in [-0.2, 0) is 26.0 Å². The van der Waals surface area contributed by atoms with Gasteiger partial charge < -0.3 is 15.4 Å². The van der Waals surface area contributed by atoms with Crippen LogP contribution in [0.3, 0.4) is 0 Å². The zero-order valence-electron chi connectivity index (χ0n) is 21.0. The monoisotopic (exact) mass is 503 g/mol. The minimum absolute atomic E-state index is 0.0871. The van der Waals surface area contributed by atoms with E-state index >= 15 is 0 Å². The normalized spacial score (nSPS) is 12.1. The number of sulfonamides is 1. The fraction of sp³-hybridized carbons (Fsp3) is 0.462. The van der Waals surface area contributed by atoms with E-state index in [9.17, 15) is 18.0 Å². The van der Waals surface area contributed by atoms with Gasteiger partial charge in [-0.05, 0) is 75.3 Å². The Morgan fingerprint density at radius 3 is 2.34 bits per heavy atom. The number of ether oxygens (including phenoxy) is 1. The summed E-state index contributed by atoms with van der Waals surface area (Å²) in [4.78, 5) is 24.5. The van der Waals surface area contributed by atoms with Crippen molar-refractivity contribution in [3.8, 4) is 0 Å². The van der Waals surface area contributed by atoms with E-state index in [1.165, 1.54) is 24.8 Å². The topological polar surface area (TPSA) is 114 Å². The summed E-state index contributed by atoms with van der Waals surface area (Å²) < 4.78 is 32.5. The molecule has 0 aliphatic heterocycles. The Morgan fingerprint density at radius 2 is 1.71 bits per heavy atom. The molecule has 0 spiro atoms. The first-order valence-corrected chi connectivity index (χ1v) is 13.5. The second-order valence-corrected chi connectivity index (χ2v) is 10.4. The van der Waals surface area contributed by atoms with Crippen LogP contribution in [0.5, 0.6) is 0 Å². The summed E-state index contributed by atoms with van der Waals surface area (Å²) in [5, 5.41) is 5.66. The van der Waals surface area contributed by atoms with Gasteiger partial charge in [0.2, 0.25) is 10.0 Å². The molecule has 0 radical (unpaired) electrons. The number of rotatable bonds is 13. The van der Waals surface area contributed by atoms with Gasteiger partial charge in [0.25, 0.3) is 0 Å². The fourth-order valence-corrected chi connectivity index (χ4v) is 4.80. The number of esters is 1. The standard InChI is InChI=1S/C26H37N3O5S/c1-5-6-9-21-13-16-23(20(3)18-21)28-26(31)27-17-8-7-10-24(25(30)34-4)29-35(32,33)22-14-11-19(2)12-15-22/h11-16,18,24,29H,5-10,17H2,1-4H3,(H2,27,28,31). The number of methoxy groups -OCH3 is 1. The molecule has 0 saturated carbocycles. The van der Waals surface area contributed by atoms with Gasteiger partial charge in [-0.1, -0.05) is 43.2 Å². The van der Waals surface area contributed by atoms with E-state index in [-0.39, 0.29) is 17.3 Å². The van der Waals surface area contributed by atoms with Gasteiger partial charge in [-0.15, -0.1) is 0 Å². The number of anilines is 1. The van der Waals surface area contributed by atoms with E-state index in [4.69, 9.17) is 4.74 Å². The number of carbonyl (C=O) groups is 2. The van der Waals surface area contributed by atoms with Gasteiger partial charge in [0.15, 0.2) is 0 Å². The molecule has 0 fully saturated rings. The van der Waals surface area contributed by atoms with Gasteiger partial charge in [-0.2, -0.15) is 4.72 Å². The predicted octanol–water partition coefficient (Wildman–Crippen LogP) is 4.46. The summed E-state index contributed by atoms with van der Waals surface area (Å²) in [5.74, 6) is -0.649. The second kappa shape index (κ2) is 13.8. The molecule has 2 aromatic carbocycles. The van der Waals surface area contributed by atoms with Crippen LogP contribution in [0.15, 0.2) is 47.4 Å². The molecular weight excluding hydrogens is 466 g/mol. The number of urea groups is 1. The maximum atomic E-state index is 12.6. The molecule has 2 amide bonds. The number of aryl methyl sites for hydroxylation is 3. The van der Waals surface area contributed by atoms with E-state index in [0.29, 0.717) is 19.4 Å². The van der Waals surface area contributed by atoms with Crippen LogP contribution >= 0.6 is 0 Å². The van der Waals surface area contributed by atoms with Crippen molar-refractivity contribution < 1.29 is 22.7 Å². The number of hydrogen-bond acceptors (Lipinski definition) is 5. The lowest BCUT2D eigenvalue weighted by atomic mass is 10.0. The third-order valence-electron chi connectivity index (χ3n) is 5.68. The predicted molar refractivity (Wildman–Crippen MR) is 138 cm³/mol. The van der Waals surface area contributed by atoms with Crippen molar-refractivity contribution in [1.29, 1.82) is 0 Å². The van der Waals surface area contributed by atoms with Crippen molar-refractivity contribution in [2.75, 3.05) is 19.0 Å². The molecule has 1 atom stereocenters. The van der Waals surface area contributed by atoms with Crippen LogP contribution in [-0.4, -0.2) is 40.1 Å². The lowest BCUT2D eigenvalue weighted by Gasteiger charge is -2.17. The summed E-state index contributed by atoms with van der Waals surface area (Å²) in [6.07, 6.45) is 4.64. The molecule has 0 aliphatic rings. The Labute approximate surface area is 208 Å². The molecule has 0 aromatic heterocycles. The summed E-state index contributed by atoms with van der Waals surface area (Å²) >= 11 is 0. The Balaban J connectivity index is 1.81. The molecule has 192 valence electrons. The average Bonchev–Trinajstić information content (AvgIpc) is 2.83. The summed E-state index contributed by atoms with van der Waals surface area (Å²) in [5.41, 5.74) is 3.96. The number of hydrogen-bond donors (Lipinski definition) is 3. The molecule has 0 heterocycles. The van der Waals surface area contributed by atoms with Crippen LogP contribution in [0.2, 0.25) is 0 Å². The third-order valence-corrected chi connectivity index (χ3v) is 7.17. The SMILES string of the molecule is CCCCc1ccc(NC(=O)NCCCCC(NS(=O)(=O)c2ccc(C)cc2)C(=O)OC)c(C)c1. The smallest absolute Gasteiger partial charge is 0.323 e. The number of nitrogens with one attached hydrogen (secondary N) is 3. The van der Waals surface area contributed by atoms with Gasteiger partial charge in [0.05, 0.1) is 12.0 Å². The average molecular weight is 504 g/mol. The van der Waals surface area contributed by atoms with E-state index < -0.39 is 22.0 Å². The number of benzene rings is 2. The molecule has 0 aliphatic carbocycles. The van der Waals surface area contributed by atoms with Gasteiger partial charge in [0.1, 0.15) is 6.04 Å². The lowest BCUT2D eigenvalue weighted by molar-refractivity contribution is -0.142. The van der Waals surface area contributed by atoms with Crippen molar-refractivity contribution in [3.05, 3.63) is 59.2 Å². The van der Waals surface area contributed by atoms with Gasteiger partial charge >= 0.3 is 12.0 Å². The Kier molecular flexibility index (Phi) is 11.2. The minimum atomic E-state index is -3.87. The Hall–Kier alpha value is -2.91. The highest BCUT2D eigenvalue weighted by Gasteiger charge is 2.26. The van der Waals surface area contributed by atoms with Crippen LogP contribution in [0.4, 0.5) is 10.5 Å². The zero-order chi connectivity index (χ0) is 25.8. The molecule has 35 heavy (non-hydrogen) atoms. The third kappa shape index (κ3) is 9.33. The van der Waals surface area contributed by atoms with E-state index in [1.54, 1.807) is 12.1 Å². The van der Waals surface area contributed by atoms with E-state index in [0.717, 1.165) is 36.1 Å². The largest absolute Gasteiger partial charge is 0.468 e. The maximum absolute atomic E-state index is 12.6. The van der Waals surface area contributed by atoms with Crippen molar-refractivity contribution in [3.63, 3.8) is 0 Å². The minimum Gasteiger partial charge on any atom is -0.468 e. The molecule has 3 N–H and O–H groups in total.